The van der Waals surface area contributed by atoms with Gasteiger partial charge in [0.15, 0.2) is 10.8 Å². The molecule has 3 aromatic rings. The number of hydrogen-bond acceptors (Lipinski definition) is 7. The van der Waals surface area contributed by atoms with Crippen LogP contribution < -0.4 is 10.2 Å². The minimum absolute atomic E-state index is 0.0389. The number of aryl methyl sites for hydroxylation is 1. The van der Waals surface area contributed by atoms with Crippen LogP contribution in [-0.2, 0) is 0 Å². The molecule has 1 amide bonds. The Morgan fingerprint density at radius 3 is 2.76 bits per heavy atom. The van der Waals surface area contributed by atoms with Gasteiger partial charge < -0.3 is 14.6 Å². The molecule has 0 saturated carbocycles. The lowest BCUT2D eigenvalue weighted by molar-refractivity contribution is 0.0923. The third-order valence-electron chi connectivity index (χ3n) is 5.00. The molecule has 152 valence electrons. The molecule has 7 nitrogen and oxygen atoms in total. The molecule has 3 aromatic heterocycles. The molecular weight excluding hydrogens is 386 g/mol. The summed E-state index contributed by atoms with van der Waals surface area (Å²) in [5.41, 5.74) is 0.480. The second-order valence-corrected chi connectivity index (χ2v) is 8.45. The Morgan fingerprint density at radius 2 is 2.07 bits per heavy atom. The second-order valence-electron chi connectivity index (χ2n) is 7.25. The molecule has 0 bridgehead atoms. The van der Waals surface area contributed by atoms with Crippen molar-refractivity contribution < 1.29 is 9.21 Å². The Bertz CT molecular complexity index is 933. The number of pyridine rings is 1. The third kappa shape index (κ3) is 4.65. The van der Waals surface area contributed by atoms with Crippen molar-refractivity contribution in [3.05, 3.63) is 53.4 Å². The number of amides is 1. The zero-order valence-electron chi connectivity index (χ0n) is 16.7. The summed E-state index contributed by atoms with van der Waals surface area (Å²) in [4.78, 5) is 27.2. The molecule has 0 radical (unpaired) electrons. The van der Waals surface area contributed by atoms with Crippen LogP contribution in [-0.4, -0.2) is 59.5 Å². The normalized spacial score (nSPS) is 16.0. The van der Waals surface area contributed by atoms with Crippen LogP contribution in [0.1, 0.15) is 22.3 Å². The molecule has 1 unspecified atom stereocenters. The van der Waals surface area contributed by atoms with Gasteiger partial charge in [0, 0.05) is 49.8 Å². The highest BCUT2D eigenvalue weighted by molar-refractivity contribution is 7.15. The molecule has 29 heavy (non-hydrogen) atoms. The van der Waals surface area contributed by atoms with E-state index in [1.807, 2.05) is 50.4 Å². The molecule has 1 aliphatic rings. The summed E-state index contributed by atoms with van der Waals surface area (Å²) in [7, 11) is 0. The van der Waals surface area contributed by atoms with Crippen LogP contribution in [0, 0.1) is 6.92 Å². The van der Waals surface area contributed by atoms with Crippen molar-refractivity contribution in [1.82, 2.24) is 20.2 Å². The molecule has 1 saturated heterocycles. The summed E-state index contributed by atoms with van der Waals surface area (Å²) < 4.78 is 5.39. The fourth-order valence-electron chi connectivity index (χ4n) is 3.54. The minimum atomic E-state index is -0.129. The number of aromatic nitrogens is 2. The first-order valence-electron chi connectivity index (χ1n) is 9.80. The van der Waals surface area contributed by atoms with Crippen molar-refractivity contribution in [2.45, 2.75) is 19.9 Å². The van der Waals surface area contributed by atoms with Crippen LogP contribution in [0.3, 0.4) is 0 Å². The van der Waals surface area contributed by atoms with Crippen LogP contribution >= 0.6 is 11.3 Å². The Hall–Kier alpha value is -2.71. The van der Waals surface area contributed by atoms with Gasteiger partial charge in [-0.15, -0.1) is 11.3 Å². The average molecular weight is 412 g/mol. The van der Waals surface area contributed by atoms with Gasteiger partial charge in [-0.1, -0.05) is 6.07 Å². The first-order chi connectivity index (χ1) is 14.1. The van der Waals surface area contributed by atoms with Gasteiger partial charge in [0.2, 0.25) is 0 Å². The fraction of sp³-hybridized carbons (Fsp3) is 0.381. The summed E-state index contributed by atoms with van der Waals surface area (Å²) in [5.74, 6) is 1.59. The first kappa shape index (κ1) is 19.6. The summed E-state index contributed by atoms with van der Waals surface area (Å²) in [6.45, 7) is 8.56. The molecule has 1 atom stereocenters. The van der Waals surface area contributed by atoms with Crippen LogP contribution in [0.15, 0.2) is 47.2 Å². The van der Waals surface area contributed by atoms with Gasteiger partial charge in [-0.05, 0) is 38.1 Å². The van der Waals surface area contributed by atoms with Crippen molar-refractivity contribution in [3.8, 4) is 10.8 Å². The number of anilines is 1. The van der Waals surface area contributed by atoms with E-state index in [-0.39, 0.29) is 11.9 Å². The SMILES string of the molecule is Cc1sc(-c2ccco2)nc1C(=O)NC(C)CN1CCN(c2ccccn2)CC1. The van der Waals surface area contributed by atoms with Crippen LogP contribution in [0.5, 0.6) is 0 Å². The lowest BCUT2D eigenvalue weighted by atomic mass is 10.2. The molecule has 4 rings (SSSR count). The monoisotopic (exact) mass is 411 g/mol. The summed E-state index contributed by atoms with van der Waals surface area (Å²) in [6.07, 6.45) is 3.44. The van der Waals surface area contributed by atoms with E-state index in [4.69, 9.17) is 4.42 Å². The number of thiazole rings is 1. The smallest absolute Gasteiger partial charge is 0.271 e. The van der Waals surface area contributed by atoms with Gasteiger partial charge in [-0.3, -0.25) is 9.69 Å². The fourth-order valence-corrected chi connectivity index (χ4v) is 4.42. The molecule has 0 spiro atoms. The maximum Gasteiger partial charge on any atom is 0.271 e. The number of piperazine rings is 1. The second kappa shape index (κ2) is 8.75. The lowest BCUT2D eigenvalue weighted by Gasteiger charge is -2.36. The molecule has 0 aliphatic carbocycles. The van der Waals surface area contributed by atoms with Gasteiger partial charge in [0.05, 0.1) is 6.26 Å². The molecule has 8 heteroatoms. The number of furan rings is 1. The highest BCUT2D eigenvalue weighted by atomic mass is 32.1. The van der Waals surface area contributed by atoms with Crippen LogP contribution in [0.2, 0.25) is 0 Å². The van der Waals surface area contributed by atoms with E-state index in [9.17, 15) is 4.79 Å². The number of nitrogens with zero attached hydrogens (tertiary/aromatic N) is 4. The molecule has 1 fully saturated rings. The number of carbonyl (C=O) groups is 1. The summed E-state index contributed by atoms with van der Waals surface area (Å²) >= 11 is 1.47. The average Bonchev–Trinajstić information content (AvgIpc) is 3.39. The highest BCUT2D eigenvalue weighted by Gasteiger charge is 2.22. The van der Waals surface area contributed by atoms with Crippen molar-refractivity contribution in [3.63, 3.8) is 0 Å². The topological polar surface area (TPSA) is 74.5 Å². The highest BCUT2D eigenvalue weighted by Crippen LogP contribution is 2.27. The maximum atomic E-state index is 12.7. The molecule has 1 aliphatic heterocycles. The van der Waals surface area contributed by atoms with Crippen molar-refractivity contribution in [1.29, 1.82) is 0 Å². The lowest BCUT2D eigenvalue weighted by Crippen LogP contribution is -2.51. The summed E-state index contributed by atoms with van der Waals surface area (Å²) in [5, 5.41) is 3.83. The van der Waals surface area contributed by atoms with Crippen molar-refractivity contribution >= 4 is 23.1 Å². The van der Waals surface area contributed by atoms with Crippen LogP contribution in [0.25, 0.3) is 10.8 Å². The maximum absolute atomic E-state index is 12.7. The zero-order chi connectivity index (χ0) is 20.2. The Kier molecular flexibility index (Phi) is 5.92. The minimum Gasteiger partial charge on any atom is -0.462 e. The first-order valence-corrected chi connectivity index (χ1v) is 10.6. The zero-order valence-corrected chi connectivity index (χ0v) is 17.5. The number of nitrogens with one attached hydrogen (secondary N) is 1. The van der Waals surface area contributed by atoms with Gasteiger partial charge in [-0.25, -0.2) is 9.97 Å². The number of carbonyl (C=O) groups excluding carboxylic acids is 1. The van der Waals surface area contributed by atoms with Crippen LogP contribution in [0.4, 0.5) is 5.82 Å². The van der Waals surface area contributed by atoms with Gasteiger partial charge in [-0.2, -0.15) is 0 Å². The van der Waals surface area contributed by atoms with E-state index >= 15 is 0 Å². The predicted octanol–water partition coefficient (Wildman–Crippen LogP) is 3.05. The number of rotatable bonds is 6. The Morgan fingerprint density at radius 1 is 1.24 bits per heavy atom. The largest absolute Gasteiger partial charge is 0.462 e. The molecule has 1 N–H and O–H groups in total. The molecule has 0 aromatic carbocycles. The Balaban J connectivity index is 1.29. The summed E-state index contributed by atoms with van der Waals surface area (Å²) in [6, 6.07) is 9.72. The quantitative estimate of drug-likeness (QED) is 0.672. The van der Waals surface area contributed by atoms with Crippen molar-refractivity contribution in [2.75, 3.05) is 37.6 Å². The molecular formula is C21H25N5O2S. The van der Waals surface area contributed by atoms with Gasteiger partial charge in [0.1, 0.15) is 11.5 Å². The van der Waals surface area contributed by atoms with E-state index in [2.05, 4.69) is 25.1 Å². The van der Waals surface area contributed by atoms with E-state index in [1.165, 1.54) is 11.3 Å². The predicted molar refractivity (Wildman–Crippen MR) is 114 cm³/mol. The third-order valence-corrected chi connectivity index (χ3v) is 5.98. The van der Waals surface area contributed by atoms with Crippen molar-refractivity contribution in [2.24, 2.45) is 0 Å². The standard InChI is InChI=1S/C21H25N5O2S/c1-15(14-25-9-11-26(12-10-25)18-7-3-4-8-22-18)23-20(27)19-16(2)29-21(24-19)17-6-5-13-28-17/h3-8,13,15H,9-12,14H2,1-2H3,(H,23,27). The van der Waals surface area contributed by atoms with E-state index in [1.54, 1.807) is 6.26 Å². The van der Waals surface area contributed by atoms with Gasteiger partial charge in [0.25, 0.3) is 5.91 Å². The van der Waals surface area contributed by atoms with E-state index < -0.39 is 0 Å². The van der Waals surface area contributed by atoms with E-state index in [0.29, 0.717) is 11.5 Å². The van der Waals surface area contributed by atoms with E-state index in [0.717, 1.165) is 48.4 Å². The number of hydrogen-bond donors (Lipinski definition) is 1. The van der Waals surface area contributed by atoms with Gasteiger partial charge >= 0.3 is 0 Å². The Labute approximate surface area is 174 Å². The molecule has 4 heterocycles.